The van der Waals surface area contributed by atoms with Gasteiger partial charge in [-0.2, -0.15) is 0 Å². The first-order valence-corrected chi connectivity index (χ1v) is 11.3. The fourth-order valence-electron chi connectivity index (χ4n) is 2.08. The van der Waals surface area contributed by atoms with Crippen molar-refractivity contribution in [1.29, 1.82) is 0 Å². The number of ether oxygens (including phenoxy) is 1. The molecule has 0 radical (unpaired) electrons. The van der Waals surface area contributed by atoms with Gasteiger partial charge in [0.1, 0.15) is 0 Å². The molecule has 0 aromatic rings. The van der Waals surface area contributed by atoms with Gasteiger partial charge in [0.15, 0.2) is 0 Å². The van der Waals surface area contributed by atoms with Crippen LogP contribution in [0.4, 0.5) is 0 Å². The molecule has 5 heteroatoms. The highest BCUT2D eigenvalue weighted by Crippen LogP contribution is 2.24. The van der Waals surface area contributed by atoms with Crippen LogP contribution in [0.25, 0.3) is 0 Å². The van der Waals surface area contributed by atoms with Crippen LogP contribution in [0.2, 0.25) is 25.7 Å². The lowest BCUT2D eigenvalue weighted by Gasteiger charge is -2.26. The molecule has 0 spiro atoms. The molecule has 0 saturated carbocycles. The molecule has 0 aliphatic carbocycles. The first-order chi connectivity index (χ1) is 9.42. The van der Waals surface area contributed by atoms with E-state index in [1.54, 1.807) is 13.8 Å². The van der Waals surface area contributed by atoms with E-state index in [1.165, 1.54) is 12.5 Å². The maximum Gasteiger partial charge on any atom is 0.302 e. The summed E-state index contributed by atoms with van der Waals surface area (Å²) in [5.41, 5.74) is 0.228. The number of esters is 1. The number of hydrogen-bond donors (Lipinski definition) is 2. The Morgan fingerprint density at radius 2 is 1.90 bits per heavy atom. The molecule has 0 saturated heterocycles. The summed E-state index contributed by atoms with van der Waals surface area (Å²) in [5.74, 6) is -0.257. The molecule has 1 atom stereocenters. The summed E-state index contributed by atoms with van der Waals surface area (Å²) in [6, 6.07) is 1.06. The Kier molecular flexibility index (Phi) is 8.44. The smallest absolute Gasteiger partial charge is 0.302 e. The third-order valence-electron chi connectivity index (χ3n) is 3.17. The van der Waals surface area contributed by atoms with Crippen LogP contribution in [0.3, 0.4) is 0 Å². The Labute approximate surface area is 130 Å². The Morgan fingerprint density at radius 3 is 2.33 bits per heavy atom. The van der Waals surface area contributed by atoms with Crippen molar-refractivity contribution in [2.45, 2.75) is 77.4 Å². The highest BCUT2D eigenvalue weighted by atomic mass is 28.3. The third-order valence-corrected chi connectivity index (χ3v) is 4.68. The number of allylic oxidation sites excluding steroid dienone is 1. The zero-order valence-electron chi connectivity index (χ0n) is 14.4. The molecule has 0 unspecified atom stereocenters. The molecule has 0 amide bonds. The van der Waals surface area contributed by atoms with Gasteiger partial charge >= 0.3 is 5.97 Å². The predicted molar refractivity (Wildman–Crippen MR) is 89.0 cm³/mol. The molecule has 21 heavy (non-hydrogen) atoms. The van der Waals surface area contributed by atoms with E-state index in [2.05, 4.69) is 25.7 Å². The van der Waals surface area contributed by atoms with Crippen molar-refractivity contribution < 1.29 is 19.7 Å². The van der Waals surface area contributed by atoms with Gasteiger partial charge in [0.05, 0.1) is 18.3 Å². The monoisotopic (exact) mass is 316 g/mol. The quantitative estimate of drug-likeness (QED) is 0.297. The fourth-order valence-corrected chi connectivity index (χ4v) is 3.77. The van der Waals surface area contributed by atoms with Gasteiger partial charge in [-0.25, -0.2) is 0 Å². The Morgan fingerprint density at radius 1 is 1.33 bits per heavy atom. The van der Waals surface area contributed by atoms with Gasteiger partial charge in [-0.05, 0) is 39.2 Å². The van der Waals surface area contributed by atoms with Crippen molar-refractivity contribution in [3.63, 3.8) is 0 Å². The third kappa shape index (κ3) is 11.7. The Hall–Kier alpha value is -0.653. The summed E-state index contributed by atoms with van der Waals surface area (Å²) in [7, 11) is -1.24. The average molecular weight is 317 g/mol. The topological polar surface area (TPSA) is 66.8 Å². The van der Waals surface area contributed by atoms with Crippen LogP contribution < -0.4 is 0 Å². The standard InChI is InChI=1S/C16H32O4Si/c1-13(17)20-11-7-8-14(12-21(4,5)6)9-10-15(18)16(2,3)19/h8,15,18-19H,7,9-12H2,1-6H3/b14-8-/t15-/m0/s1. The zero-order valence-corrected chi connectivity index (χ0v) is 15.4. The molecule has 0 aromatic heterocycles. The second-order valence-corrected chi connectivity index (χ2v) is 12.9. The van der Waals surface area contributed by atoms with Crippen molar-refractivity contribution in [3.05, 3.63) is 11.6 Å². The van der Waals surface area contributed by atoms with Crippen LogP contribution in [0.15, 0.2) is 11.6 Å². The van der Waals surface area contributed by atoms with Crippen molar-refractivity contribution in [2.24, 2.45) is 0 Å². The second kappa shape index (κ2) is 8.71. The number of aliphatic hydroxyl groups excluding tert-OH is 1. The van der Waals surface area contributed by atoms with E-state index in [9.17, 15) is 15.0 Å². The van der Waals surface area contributed by atoms with Crippen molar-refractivity contribution in [2.75, 3.05) is 6.61 Å². The Balaban J connectivity index is 4.52. The summed E-state index contributed by atoms with van der Waals surface area (Å²) < 4.78 is 4.94. The summed E-state index contributed by atoms with van der Waals surface area (Å²) in [6.45, 7) is 12.0. The highest BCUT2D eigenvalue weighted by molar-refractivity contribution is 6.76. The molecular weight excluding hydrogens is 284 g/mol. The van der Waals surface area contributed by atoms with Gasteiger partial charge < -0.3 is 14.9 Å². The largest absolute Gasteiger partial charge is 0.466 e. The van der Waals surface area contributed by atoms with Crippen LogP contribution in [0, 0.1) is 0 Å². The van der Waals surface area contributed by atoms with Crippen LogP contribution >= 0.6 is 0 Å². The van der Waals surface area contributed by atoms with E-state index >= 15 is 0 Å². The van der Waals surface area contributed by atoms with E-state index in [-0.39, 0.29) is 5.97 Å². The van der Waals surface area contributed by atoms with E-state index in [4.69, 9.17) is 4.74 Å². The van der Waals surface area contributed by atoms with E-state index in [1.807, 2.05) is 0 Å². The van der Waals surface area contributed by atoms with Crippen molar-refractivity contribution in [3.8, 4) is 0 Å². The molecule has 0 aromatic carbocycles. The number of carbonyl (C=O) groups is 1. The number of hydrogen-bond acceptors (Lipinski definition) is 4. The fraction of sp³-hybridized carbons (Fsp3) is 0.812. The number of rotatable bonds is 9. The van der Waals surface area contributed by atoms with Gasteiger partial charge in [0.25, 0.3) is 0 Å². The first-order valence-electron chi connectivity index (χ1n) is 7.63. The maximum atomic E-state index is 10.7. The van der Waals surface area contributed by atoms with Gasteiger partial charge in [-0.3, -0.25) is 4.79 Å². The summed E-state index contributed by atoms with van der Waals surface area (Å²) >= 11 is 0. The van der Waals surface area contributed by atoms with E-state index in [0.29, 0.717) is 19.4 Å². The van der Waals surface area contributed by atoms with Gasteiger partial charge in [-0.15, -0.1) is 0 Å². The zero-order chi connectivity index (χ0) is 16.7. The number of carbonyl (C=O) groups excluding carboxylic acids is 1. The molecule has 0 rings (SSSR count). The SMILES string of the molecule is CC(=O)OCC/C=C(/CC[C@H](O)C(C)(C)O)C[Si](C)(C)C. The minimum atomic E-state index is -1.24. The summed E-state index contributed by atoms with van der Waals surface area (Å²) in [5, 5.41) is 19.7. The lowest BCUT2D eigenvalue weighted by molar-refractivity contribution is -0.140. The molecule has 2 N–H and O–H groups in total. The van der Waals surface area contributed by atoms with Crippen molar-refractivity contribution >= 4 is 14.0 Å². The molecule has 124 valence electrons. The lowest BCUT2D eigenvalue weighted by Crippen LogP contribution is -2.35. The van der Waals surface area contributed by atoms with E-state index < -0.39 is 19.8 Å². The van der Waals surface area contributed by atoms with Crippen LogP contribution in [-0.2, 0) is 9.53 Å². The molecule has 0 fully saturated rings. The first kappa shape index (κ1) is 20.3. The molecule has 0 heterocycles. The molecule has 0 aliphatic heterocycles. The molecular formula is C16H32O4Si. The van der Waals surface area contributed by atoms with Crippen LogP contribution in [0.5, 0.6) is 0 Å². The average Bonchev–Trinajstić information content (AvgIpc) is 2.27. The van der Waals surface area contributed by atoms with Crippen molar-refractivity contribution in [1.82, 2.24) is 0 Å². The number of aliphatic hydroxyl groups is 2. The maximum absolute atomic E-state index is 10.7. The van der Waals surface area contributed by atoms with Crippen LogP contribution in [-0.4, -0.2) is 42.6 Å². The second-order valence-electron chi connectivity index (χ2n) is 7.44. The summed E-state index contributed by atoms with van der Waals surface area (Å²) in [4.78, 5) is 10.7. The van der Waals surface area contributed by atoms with E-state index in [0.717, 1.165) is 12.5 Å². The van der Waals surface area contributed by atoms with Crippen LogP contribution in [0.1, 0.15) is 40.0 Å². The predicted octanol–water partition coefficient (Wildman–Crippen LogP) is 3.12. The summed E-state index contributed by atoms with van der Waals surface area (Å²) in [6.07, 6.45) is 3.43. The minimum absolute atomic E-state index is 0.257. The molecule has 0 aliphatic rings. The van der Waals surface area contributed by atoms with Gasteiger partial charge in [-0.1, -0.05) is 31.3 Å². The highest BCUT2D eigenvalue weighted by Gasteiger charge is 2.25. The lowest BCUT2D eigenvalue weighted by atomic mass is 9.95. The minimum Gasteiger partial charge on any atom is -0.466 e. The normalized spacial score (nSPS) is 15.0. The Bertz CT molecular complexity index is 350. The van der Waals surface area contributed by atoms with Gasteiger partial charge in [0.2, 0.25) is 0 Å². The molecule has 4 nitrogen and oxygen atoms in total. The van der Waals surface area contributed by atoms with Gasteiger partial charge in [0, 0.05) is 15.0 Å². The molecule has 0 bridgehead atoms.